The van der Waals surface area contributed by atoms with Gasteiger partial charge in [0, 0.05) is 18.0 Å². The minimum atomic E-state index is 0.175. The van der Waals surface area contributed by atoms with E-state index in [0.717, 1.165) is 17.4 Å². The number of nitrogens with zero attached hydrogens (tertiary/aromatic N) is 4. The van der Waals surface area contributed by atoms with Gasteiger partial charge in [0.25, 0.3) is 0 Å². The van der Waals surface area contributed by atoms with Crippen molar-refractivity contribution in [3.8, 4) is 6.01 Å². The lowest BCUT2D eigenvalue weighted by molar-refractivity contribution is 0.112. The summed E-state index contributed by atoms with van der Waals surface area (Å²) in [5, 5.41) is 1.15. The van der Waals surface area contributed by atoms with Crippen LogP contribution in [0.15, 0.2) is 54.9 Å². The van der Waals surface area contributed by atoms with Gasteiger partial charge < -0.3 is 15.0 Å². The number of aldehydes is 1. The molecule has 0 aliphatic rings. The monoisotopic (exact) mass is 393 g/mol. The number of hydrogen-bond acceptors (Lipinski definition) is 6. The molecule has 0 fully saturated rings. The maximum atomic E-state index is 10.8. The normalized spacial score (nSPS) is 10.9. The van der Waals surface area contributed by atoms with Gasteiger partial charge in [-0.2, -0.15) is 9.97 Å². The van der Waals surface area contributed by atoms with Crippen LogP contribution >= 0.6 is 11.6 Å². The summed E-state index contributed by atoms with van der Waals surface area (Å²) in [4.78, 5) is 23.5. The average molecular weight is 394 g/mol. The number of halogens is 1. The Labute approximate surface area is 165 Å². The third-order valence-electron chi connectivity index (χ3n) is 4.29. The van der Waals surface area contributed by atoms with E-state index in [1.165, 1.54) is 0 Å². The van der Waals surface area contributed by atoms with E-state index < -0.39 is 0 Å². The van der Waals surface area contributed by atoms with Gasteiger partial charge in [-0.05, 0) is 29.3 Å². The lowest BCUT2D eigenvalue weighted by Crippen LogP contribution is -2.05. The molecule has 0 aliphatic heterocycles. The summed E-state index contributed by atoms with van der Waals surface area (Å²) < 4.78 is 7.52. The zero-order valence-corrected chi connectivity index (χ0v) is 15.5. The van der Waals surface area contributed by atoms with Crippen molar-refractivity contribution in [1.82, 2.24) is 19.5 Å². The van der Waals surface area contributed by atoms with Gasteiger partial charge in [0.2, 0.25) is 0 Å². The molecule has 2 N–H and O–H groups in total. The summed E-state index contributed by atoms with van der Waals surface area (Å²) in [6, 6.07) is 12.9. The molecule has 8 heteroatoms. The number of benzene rings is 1. The van der Waals surface area contributed by atoms with Crippen molar-refractivity contribution in [1.29, 1.82) is 0 Å². The average Bonchev–Trinajstić information content (AvgIpc) is 3.04. The lowest BCUT2D eigenvalue weighted by atomic mass is 10.1. The molecule has 0 atom stereocenters. The molecule has 0 amide bonds. The highest BCUT2D eigenvalue weighted by Crippen LogP contribution is 2.28. The van der Waals surface area contributed by atoms with Gasteiger partial charge in [0.15, 0.2) is 5.65 Å². The van der Waals surface area contributed by atoms with Crippen LogP contribution in [-0.4, -0.2) is 25.8 Å². The Morgan fingerprint density at radius 1 is 1.07 bits per heavy atom. The highest BCUT2D eigenvalue weighted by molar-refractivity contribution is 6.31. The topological polar surface area (TPSA) is 95.9 Å². The van der Waals surface area contributed by atoms with E-state index in [2.05, 4.69) is 15.0 Å². The number of anilines is 1. The van der Waals surface area contributed by atoms with Crippen LogP contribution in [0.3, 0.4) is 0 Å². The van der Waals surface area contributed by atoms with Crippen molar-refractivity contribution < 1.29 is 9.53 Å². The van der Waals surface area contributed by atoms with Gasteiger partial charge in [-0.3, -0.25) is 9.78 Å². The molecule has 0 aliphatic carbocycles. The van der Waals surface area contributed by atoms with E-state index in [1.807, 2.05) is 28.8 Å². The number of hydrogen-bond donors (Lipinski definition) is 1. The van der Waals surface area contributed by atoms with Gasteiger partial charge in [0.05, 0.1) is 11.9 Å². The lowest BCUT2D eigenvalue weighted by Gasteiger charge is -2.09. The molecule has 1 aromatic carbocycles. The summed E-state index contributed by atoms with van der Waals surface area (Å²) in [5.41, 5.74) is 9.21. The van der Waals surface area contributed by atoms with Crippen LogP contribution in [0.4, 0.5) is 5.82 Å². The Hall–Kier alpha value is -3.45. The van der Waals surface area contributed by atoms with Gasteiger partial charge in [-0.1, -0.05) is 35.9 Å². The molecule has 7 nitrogen and oxygen atoms in total. The fourth-order valence-corrected chi connectivity index (χ4v) is 3.07. The van der Waals surface area contributed by atoms with E-state index >= 15 is 0 Å². The second kappa shape index (κ2) is 7.66. The molecule has 140 valence electrons. The van der Waals surface area contributed by atoms with Crippen LogP contribution in [0.2, 0.25) is 5.15 Å². The van der Waals surface area contributed by atoms with Crippen LogP contribution in [0, 0.1) is 0 Å². The molecule has 0 spiro atoms. The van der Waals surface area contributed by atoms with Crippen LogP contribution in [0.5, 0.6) is 6.01 Å². The van der Waals surface area contributed by atoms with Crippen LogP contribution < -0.4 is 10.5 Å². The van der Waals surface area contributed by atoms with E-state index in [1.54, 1.807) is 30.6 Å². The first-order valence-corrected chi connectivity index (χ1v) is 8.90. The summed E-state index contributed by atoms with van der Waals surface area (Å²) in [6.45, 7) is 0.775. The van der Waals surface area contributed by atoms with Crippen LogP contribution in [-0.2, 0) is 13.2 Å². The zero-order chi connectivity index (χ0) is 19.5. The number of ether oxygens (including phenoxy) is 1. The highest BCUT2D eigenvalue weighted by atomic mass is 35.5. The standard InChI is InChI=1S/C20H16ClN5O2/c21-17-9-16-18(22)24-20(28-12-15-5-7-23-8-6-15)25-19(16)26(17)10-13-1-3-14(11-27)4-2-13/h1-9,11H,10,12H2,(H2,22,24,25). The first-order chi connectivity index (χ1) is 13.6. The Kier molecular flexibility index (Phi) is 4.90. The first-order valence-electron chi connectivity index (χ1n) is 8.52. The first kappa shape index (κ1) is 17.9. The number of aromatic nitrogens is 4. The molecule has 0 saturated carbocycles. The van der Waals surface area contributed by atoms with Crippen molar-refractivity contribution in [3.63, 3.8) is 0 Å². The van der Waals surface area contributed by atoms with E-state index in [-0.39, 0.29) is 6.01 Å². The minimum Gasteiger partial charge on any atom is -0.458 e. The SMILES string of the molecule is Nc1nc(OCc2ccncc2)nc2c1cc(Cl)n2Cc1ccc(C=O)cc1. The number of pyridine rings is 1. The molecule has 4 rings (SSSR count). The molecule has 0 bridgehead atoms. The Bertz CT molecular complexity index is 1130. The maximum Gasteiger partial charge on any atom is 0.320 e. The van der Waals surface area contributed by atoms with E-state index in [9.17, 15) is 4.79 Å². The zero-order valence-electron chi connectivity index (χ0n) is 14.7. The van der Waals surface area contributed by atoms with Crippen molar-refractivity contribution in [2.24, 2.45) is 0 Å². The summed E-state index contributed by atoms with van der Waals surface area (Å²) in [6.07, 6.45) is 4.19. The molecular weight excluding hydrogens is 378 g/mol. The Morgan fingerprint density at radius 2 is 1.82 bits per heavy atom. The predicted octanol–water partition coefficient (Wildman–Crippen LogP) is 3.50. The molecule has 0 radical (unpaired) electrons. The van der Waals surface area contributed by atoms with Crippen LogP contribution in [0.1, 0.15) is 21.5 Å². The summed E-state index contributed by atoms with van der Waals surface area (Å²) in [7, 11) is 0. The smallest absolute Gasteiger partial charge is 0.320 e. The Morgan fingerprint density at radius 3 is 2.54 bits per heavy atom. The number of rotatable bonds is 6. The minimum absolute atomic E-state index is 0.175. The number of nitrogens with two attached hydrogens (primary N) is 1. The third-order valence-corrected chi connectivity index (χ3v) is 4.60. The Balaban J connectivity index is 1.65. The molecule has 4 aromatic rings. The third kappa shape index (κ3) is 3.65. The second-order valence-electron chi connectivity index (χ2n) is 6.19. The fraction of sp³-hybridized carbons (Fsp3) is 0.100. The fourth-order valence-electron chi connectivity index (χ4n) is 2.82. The van der Waals surface area contributed by atoms with Crippen molar-refractivity contribution in [2.45, 2.75) is 13.2 Å². The number of nitrogen functional groups attached to an aromatic ring is 1. The van der Waals surface area contributed by atoms with Gasteiger partial charge >= 0.3 is 6.01 Å². The number of fused-ring (bicyclic) bond motifs is 1. The largest absolute Gasteiger partial charge is 0.458 e. The van der Waals surface area contributed by atoms with Gasteiger partial charge in [-0.25, -0.2) is 0 Å². The number of carbonyl (C=O) groups is 1. The van der Waals surface area contributed by atoms with Crippen molar-refractivity contribution in [2.75, 3.05) is 5.73 Å². The van der Waals surface area contributed by atoms with E-state index in [0.29, 0.717) is 40.7 Å². The van der Waals surface area contributed by atoms with Crippen molar-refractivity contribution in [3.05, 3.63) is 76.7 Å². The maximum absolute atomic E-state index is 10.8. The molecule has 0 unspecified atom stereocenters. The molecule has 28 heavy (non-hydrogen) atoms. The highest BCUT2D eigenvalue weighted by Gasteiger charge is 2.15. The molecular formula is C20H16ClN5O2. The van der Waals surface area contributed by atoms with Crippen molar-refractivity contribution >= 4 is 34.7 Å². The van der Waals surface area contributed by atoms with Gasteiger partial charge in [-0.15, -0.1) is 0 Å². The predicted molar refractivity (Wildman–Crippen MR) is 106 cm³/mol. The number of carbonyl (C=O) groups excluding carboxylic acids is 1. The molecule has 3 heterocycles. The van der Waals surface area contributed by atoms with Crippen LogP contribution in [0.25, 0.3) is 11.0 Å². The summed E-state index contributed by atoms with van der Waals surface area (Å²) >= 11 is 6.41. The van der Waals surface area contributed by atoms with E-state index in [4.69, 9.17) is 22.1 Å². The van der Waals surface area contributed by atoms with Gasteiger partial charge in [0.1, 0.15) is 23.9 Å². The molecule has 3 aromatic heterocycles. The quantitative estimate of drug-likeness (QED) is 0.503. The summed E-state index contributed by atoms with van der Waals surface area (Å²) in [5.74, 6) is 0.298. The molecule has 0 saturated heterocycles. The second-order valence-corrected chi connectivity index (χ2v) is 6.57.